The smallest absolute Gasteiger partial charge is 0.239 e. The van der Waals surface area contributed by atoms with E-state index in [1.54, 1.807) is 39.8 Å². The van der Waals surface area contributed by atoms with Gasteiger partial charge in [-0.1, -0.05) is 30.3 Å². The number of carbonyl (C=O) groups is 2. The highest BCUT2D eigenvalue weighted by Crippen LogP contribution is 2.28. The minimum absolute atomic E-state index is 0.0291. The summed E-state index contributed by atoms with van der Waals surface area (Å²) >= 11 is 0. The quantitative estimate of drug-likeness (QED) is 0.486. The van der Waals surface area contributed by atoms with Crippen LogP contribution < -0.4 is 5.32 Å². The average molecular weight is 472 g/mol. The molecule has 1 saturated heterocycles. The van der Waals surface area contributed by atoms with Crippen molar-refractivity contribution in [2.45, 2.75) is 36.5 Å². The molecule has 0 radical (unpaired) electrons. The molecule has 0 unspecified atom stereocenters. The maximum atomic E-state index is 13.5. The first-order valence-electron chi connectivity index (χ1n) is 10.9. The number of nitrogens with one attached hydrogen (secondary N) is 1. The Balaban J connectivity index is 1.45. The van der Waals surface area contributed by atoms with Crippen molar-refractivity contribution in [3.63, 3.8) is 0 Å². The normalized spacial score (nSPS) is 14.2. The number of carbonyl (C=O) groups excluding carboxylic acids is 2. The summed E-state index contributed by atoms with van der Waals surface area (Å²) in [6, 6.07) is 12.5. The first kappa shape index (κ1) is 23.0. The number of para-hydroxylation sites is 1. The van der Waals surface area contributed by atoms with Crippen LogP contribution in [0, 0.1) is 5.82 Å². The van der Waals surface area contributed by atoms with E-state index in [-0.39, 0.29) is 29.0 Å². The van der Waals surface area contributed by atoms with Crippen molar-refractivity contribution in [3.8, 4) is 0 Å². The second kappa shape index (κ2) is 9.74. The standard InChI is InChI=1S/C24H26FN3O4S/c25-19-7-3-6-18(14-19)17-33(31,32)22-15-28(21-9-2-1-8-20(21)22)16-23(29)26-11-5-13-27-12-4-10-24(27)30/h1-3,6-9,14-15H,4-5,10-13,16-17H2,(H,26,29). The van der Waals surface area contributed by atoms with Crippen LogP contribution in [0.5, 0.6) is 0 Å². The van der Waals surface area contributed by atoms with Crippen molar-refractivity contribution >= 4 is 32.6 Å². The van der Waals surface area contributed by atoms with Crippen LogP contribution in [-0.4, -0.2) is 49.3 Å². The third-order valence-corrected chi connectivity index (χ3v) is 7.45. The van der Waals surface area contributed by atoms with Crippen LogP contribution in [0.3, 0.4) is 0 Å². The molecule has 0 aliphatic carbocycles. The zero-order chi connectivity index (χ0) is 23.4. The van der Waals surface area contributed by atoms with Crippen molar-refractivity contribution in [1.82, 2.24) is 14.8 Å². The summed E-state index contributed by atoms with van der Waals surface area (Å²) in [4.78, 5) is 26.1. The number of hydrogen-bond acceptors (Lipinski definition) is 4. The molecular formula is C24H26FN3O4S. The van der Waals surface area contributed by atoms with Crippen LogP contribution in [-0.2, 0) is 31.7 Å². The maximum Gasteiger partial charge on any atom is 0.239 e. The lowest BCUT2D eigenvalue weighted by Gasteiger charge is -2.15. The molecule has 0 saturated carbocycles. The van der Waals surface area contributed by atoms with Gasteiger partial charge < -0.3 is 14.8 Å². The first-order valence-corrected chi connectivity index (χ1v) is 12.6. The van der Waals surface area contributed by atoms with Crippen LogP contribution in [0.15, 0.2) is 59.6 Å². The highest BCUT2D eigenvalue weighted by Gasteiger charge is 2.23. The van der Waals surface area contributed by atoms with Crippen molar-refractivity contribution in [3.05, 3.63) is 66.1 Å². The molecule has 0 atom stereocenters. The predicted molar refractivity (Wildman–Crippen MR) is 123 cm³/mol. The van der Waals surface area contributed by atoms with Gasteiger partial charge >= 0.3 is 0 Å². The molecule has 1 aliphatic heterocycles. The molecule has 1 fully saturated rings. The Labute approximate surface area is 192 Å². The van der Waals surface area contributed by atoms with E-state index in [1.165, 1.54) is 24.4 Å². The molecule has 2 amide bonds. The number of amides is 2. The lowest BCUT2D eigenvalue weighted by Crippen LogP contribution is -2.32. The third-order valence-electron chi connectivity index (χ3n) is 5.75. The van der Waals surface area contributed by atoms with Crippen LogP contribution >= 0.6 is 0 Å². The van der Waals surface area contributed by atoms with E-state index in [0.717, 1.165) is 13.0 Å². The Bertz CT molecular complexity index is 1290. The summed E-state index contributed by atoms with van der Waals surface area (Å²) in [7, 11) is -3.76. The minimum Gasteiger partial charge on any atom is -0.354 e. The number of nitrogens with zero attached hydrogens (tertiary/aromatic N) is 2. The Morgan fingerprint density at radius 2 is 1.94 bits per heavy atom. The zero-order valence-electron chi connectivity index (χ0n) is 18.2. The molecule has 3 aromatic rings. The van der Waals surface area contributed by atoms with E-state index in [2.05, 4.69) is 5.32 Å². The van der Waals surface area contributed by atoms with Gasteiger partial charge in [0.15, 0.2) is 9.84 Å². The Kier molecular flexibility index (Phi) is 6.78. The van der Waals surface area contributed by atoms with E-state index in [1.807, 2.05) is 0 Å². The molecule has 1 N–H and O–H groups in total. The predicted octanol–water partition coefficient (Wildman–Crippen LogP) is 2.88. The summed E-state index contributed by atoms with van der Waals surface area (Å²) in [6.45, 7) is 1.80. The second-order valence-electron chi connectivity index (χ2n) is 8.22. The molecule has 174 valence electrons. The van der Waals surface area contributed by atoms with E-state index >= 15 is 0 Å². The Morgan fingerprint density at radius 3 is 2.70 bits per heavy atom. The van der Waals surface area contributed by atoms with Gasteiger partial charge in [0.1, 0.15) is 12.4 Å². The first-order chi connectivity index (χ1) is 15.8. The molecular weight excluding hydrogens is 445 g/mol. The fraction of sp³-hybridized carbons (Fsp3) is 0.333. The molecule has 1 aromatic heterocycles. The molecule has 2 aromatic carbocycles. The lowest BCUT2D eigenvalue weighted by molar-refractivity contribution is -0.127. The molecule has 33 heavy (non-hydrogen) atoms. The number of hydrogen-bond donors (Lipinski definition) is 1. The van der Waals surface area contributed by atoms with Crippen LogP contribution in [0.25, 0.3) is 10.9 Å². The number of sulfone groups is 1. The van der Waals surface area contributed by atoms with Crippen LogP contribution in [0.1, 0.15) is 24.8 Å². The summed E-state index contributed by atoms with van der Waals surface area (Å²) < 4.78 is 41.4. The third kappa shape index (κ3) is 5.42. The lowest BCUT2D eigenvalue weighted by atomic mass is 10.2. The van der Waals surface area contributed by atoms with Crippen molar-refractivity contribution < 1.29 is 22.4 Å². The van der Waals surface area contributed by atoms with Crippen molar-refractivity contribution in [2.75, 3.05) is 19.6 Å². The average Bonchev–Trinajstić information content (AvgIpc) is 3.35. The van der Waals surface area contributed by atoms with Gasteiger partial charge in [0.2, 0.25) is 11.8 Å². The van der Waals surface area contributed by atoms with Gasteiger partial charge in [-0.3, -0.25) is 9.59 Å². The van der Waals surface area contributed by atoms with Crippen molar-refractivity contribution in [1.29, 1.82) is 0 Å². The van der Waals surface area contributed by atoms with Gasteiger partial charge in [0.25, 0.3) is 0 Å². The number of benzene rings is 2. The second-order valence-corrected chi connectivity index (χ2v) is 10.2. The van der Waals surface area contributed by atoms with Crippen LogP contribution in [0.2, 0.25) is 0 Å². The van der Waals surface area contributed by atoms with Crippen LogP contribution in [0.4, 0.5) is 4.39 Å². The van der Waals surface area contributed by atoms with Gasteiger partial charge in [-0.15, -0.1) is 0 Å². The Hall–Kier alpha value is -3.20. The molecule has 2 heterocycles. The fourth-order valence-electron chi connectivity index (χ4n) is 4.16. The van der Waals surface area contributed by atoms with E-state index in [4.69, 9.17) is 0 Å². The highest BCUT2D eigenvalue weighted by atomic mass is 32.2. The Morgan fingerprint density at radius 1 is 1.12 bits per heavy atom. The van der Waals surface area contributed by atoms with Gasteiger partial charge in [-0.05, 0) is 36.6 Å². The van der Waals surface area contributed by atoms with Gasteiger partial charge in [0.05, 0.1) is 10.6 Å². The highest BCUT2D eigenvalue weighted by molar-refractivity contribution is 7.90. The number of aromatic nitrogens is 1. The molecule has 7 nitrogen and oxygen atoms in total. The summed E-state index contributed by atoms with van der Waals surface area (Å²) in [5.41, 5.74) is 0.995. The summed E-state index contributed by atoms with van der Waals surface area (Å²) in [5, 5.41) is 3.36. The van der Waals surface area contributed by atoms with Gasteiger partial charge in [-0.2, -0.15) is 0 Å². The van der Waals surface area contributed by atoms with Gasteiger partial charge in [0, 0.05) is 43.2 Å². The van der Waals surface area contributed by atoms with Gasteiger partial charge in [-0.25, -0.2) is 12.8 Å². The number of rotatable bonds is 9. The molecule has 1 aliphatic rings. The van der Waals surface area contributed by atoms with E-state index in [9.17, 15) is 22.4 Å². The monoisotopic (exact) mass is 471 g/mol. The largest absolute Gasteiger partial charge is 0.354 e. The summed E-state index contributed by atoms with van der Waals surface area (Å²) in [6.07, 6.45) is 3.62. The number of likely N-dealkylation sites (tertiary alicyclic amines) is 1. The van der Waals surface area contributed by atoms with Crippen molar-refractivity contribution in [2.24, 2.45) is 0 Å². The zero-order valence-corrected chi connectivity index (χ0v) is 19.0. The molecule has 9 heteroatoms. The maximum absolute atomic E-state index is 13.5. The SMILES string of the molecule is O=C(Cn1cc(S(=O)(=O)Cc2cccc(F)c2)c2ccccc21)NCCCN1CCCC1=O. The number of fused-ring (bicyclic) bond motifs is 1. The summed E-state index contributed by atoms with van der Waals surface area (Å²) in [5.74, 6) is -0.902. The minimum atomic E-state index is -3.76. The molecule has 4 rings (SSSR count). The topological polar surface area (TPSA) is 88.5 Å². The number of halogens is 1. The molecule has 0 bridgehead atoms. The van der Waals surface area contributed by atoms with E-state index in [0.29, 0.717) is 42.4 Å². The molecule has 0 spiro atoms. The van der Waals surface area contributed by atoms with E-state index < -0.39 is 15.7 Å². The fourth-order valence-corrected chi connectivity index (χ4v) is 5.73.